The lowest BCUT2D eigenvalue weighted by molar-refractivity contribution is -0.118. The molecule has 0 aromatic heterocycles. The van der Waals surface area contributed by atoms with Crippen LogP contribution in [0.5, 0.6) is 0 Å². The number of hydrogen-bond acceptors (Lipinski definition) is 25. The zero-order valence-corrected chi connectivity index (χ0v) is 68.9. The average Bonchev–Trinajstić information content (AvgIpc) is 0.820. The number of unbranched alkanes of at least 4 members (excludes halogenated alkanes) is 1. The van der Waals surface area contributed by atoms with Gasteiger partial charge in [0.1, 0.15) is 54.9 Å². The SMILES string of the molecule is CC(=O)Nc1c(I)c(NC(C)=O)c(I)c(C(=O)O)c1I.CNCC(O)C(O)C(O)C(O)CO.CNCC(O)C(O)C(O)C(O)CO.CNCC(O)C(O)C(O)C(O)CO.O=C(CCCCC(=O)Nc1c(I)cc(I)c(C(=O)O)c1I)Nc1c(I)cc(I)c(C(=O)O)c1I. The number of carbonyl (C=O) groups is 7. The van der Waals surface area contributed by atoms with Crippen LogP contribution >= 0.6 is 203 Å². The molecular weight excluding hydrogens is 2260 g/mol. The van der Waals surface area contributed by atoms with E-state index in [9.17, 15) is 64.2 Å². The van der Waals surface area contributed by atoms with Crippen LogP contribution < -0.4 is 37.2 Å². The lowest BCUT2D eigenvalue weighted by Gasteiger charge is -2.25. The number of carboxylic acids is 3. The van der Waals surface area contributed by atoms with Crippen LogP contribution in [0.3, 0.4) is 0 Å². The molecule has 0 bridgehead atoms. The van der Waals surface area contributed by atoms with Gasteiger partial charge >= 0.3 is 17.9 Å². The maximum atomic E-state index is 12.4. The molecule has 4 amide bonds. The van der Waals surface area contributed by atoms with Gasteiger partial charge in [-0.05, 0) is 249 Å². The summed E-state index contributed by atoms with van der Waals surface area (Å²) in [6.07, 6.45) is -15.7. The molecule has 12 atom stereocenters. The third-order valence-corrected chi connectivity index (χ3v) is 20.5. The predicted molar refractivity (Wildman–Crippen MR) is 414 cm³/mol. The molecule has 93 heavy (non-hydrogen) atoms. The molecule has 32 nitrogen and oxygen atoms in total. The largest absolute Gasteiger partial charge is 0.478 e. The van der Waals surface area contributed by atoms with E-state index in [0.717, 1.165) is 7.14 Å². The molecule has 0 aliphatic rings. The van der Waals surface area contributed by atoms with Gasteiger partial charge in [0.05, 0.1) is 95.4 Å². The van der Waals surface area contributed by atoms with Gasteiger partial charge < -0.3 is 129 Å². The van der Waals surface area contributed by atoms with Gasteiger partial charge in [0.15, 0.2) is 0 Å². The van der Waals surface area contributed by atoms with Crippen LogP contribution in [0.2, 0.25) is 0 Å². The van der Waals surface area contributed by atoms with Crippen molar-refractivity contribution in [2.24, 2.45) is 0 Å². The van der Waals surface area contributed by atoms with Crippen molar-refractivity contribution in [3.05, 3.63) is 61.0 Å². The molecule has 3 aromatic rings. The van der Waals surface area contributed by atoms with E-state index in [2.05, 4.69) is 82.4 Å². The number of hydrogen-bond donors (Lipinski definition) is 25. The Bertz CT molecular complexity index is 2730. The molecule has 41 heteroatoms. The minimum Gasteiger partial charge on any atom is -0.478 e. The molecule has 3 aromatic carbocycles. The first-order chi connectivity index (χ1) is 43.1. The Morgan fingerprint density at radius 3 is 0.806 bits per heavy atom. The molecule has 0 fully saturated rings. The molecule has 12 unspecified atom stereocenters. The number of likely N-dealkylation sites (N-methyl/N-ethyl adjacent to an activating group) is 3. The van der Waals surface area contributed by atoms with Crippen molar-refractivity contribution in [2.75, 3.05) is 81.9 Å². The molecule has 25 N–H and O–H groups in total. The van der Waals surface area contributed by atoms with Gasteiger partial charge in [-0.1, -0.05) is 0 Å². The van der Waals surface area contributed by atoms with Crippen molar-refractivity contribution in [2.45, 2.75) is 113 Å². The van der Waals surface area contributed by atoms with E-state index in [4.69, 9.17) is 61.3 Å². The first-order valence-electron chi connectivity index (χ1n) is 26.5. The first-order valence-corrected chi connectivity index (χ1v) is 36.2. The lowest BCUT2D eigenvalue weighted by atomic mass is 10.0. The van der Waals surface area contributed by atoms with Crippen LogP contribution in [-0.2, 0) is 19.2 Å². The predicted octanol–water partition coefficient (Wildman–Crippen LogP) is -0.111. The molecule has 0 spiro atoms. The zero-order valence-electron chi connectivity index (χ0n) is 49.5. The fraction of sp³-hybridized carbons (Fsp3) is 0.519. The van der Waals surface area contributed by atoms with Crippen LogP contribution in [-0.4, -0.2) is 267 Å². The smallest absolute Gasteiger partial charge is 0.338 e. The summed E-state index contributed by atoms with van der Waals surface area (Å²) in [6, 6.07) is 3.41. The van der Waals surface area contributed by atoms with Crippen molar-refractivity contribution < 1.29 is 125 Å². The highest BCUT2D eigenvalue weighted by Gasteiger charge is 2.32. The molecule has 0 saturated carbocycles. The highest BCUT2D eigenvalue weighted by atomic mass is 127. The number of carboxylic acid groups (broad SMARTS) is 3. The van der Waals surface area contributed by atoms with Crippen LogP contribution in [0.25, 0.3) is 0 Å². The van der Waals surface area contributed by atoms with Crippen LogP contribution in [0.15, 0.2) is 12.1 Å². The van der Waals surface area contributed by atoms with E-state index in [1.54, 1.807) is 33.3 Å². The Morgan fingerprint density at radius 2 is 0.591 bits per heavy atom. The Hall–Kier alpha value is -0.200. The van der Waals surface area contributed by atoms with Gasteiger partial charge in [-0.25, -0.2) is 14.4 Å². The lowest BCUT2D eigenvalue weighted by Crippen LogP contribution is -2.48. The summed E-state index contributed by atoms with van der Waals surface area (Å²) < 4.78 is 5.05. The van der Waals surface area contributed by atoms with E-state index in [1.807, 2.05) is 158 Å². The number of halogens is 9. The third-order valence-electron chi connectivity index (χ3n) is 11.7. The quantitative estimate of drug-likeness (QED) is 0.0306. The van der Waals surface area contributed by atoms with Crippen LogP contribution in [0, 0.1) is 32.1 Å². The topological polar surface area (TPSA) is 568 Å². The van der Waals surface area contributed by atoms with E-state index < -0.39 is 111 Å². The minimum atomic E-state index is -1.55. The molecule has 0 aliphatic heterocycles. The highest BCUT2D eigenvalue weighted by Crippen LogP contribution is 2.39. The number of aliphatic hydroxyl groups excluding tert-OH is 15. The van der Waals surface area contributed by atoms with Gasteiger partial charge in [0, 0.05) is 60.6 Å². The first kappa shape index (κ1) is 94.9. The fourth-order valence-corrected chi connectivity index (χ4v) is 19.3. The number of aliphatic hydroxyl groups is 15. The molecule has 0 heterocycles. The summed E-state index contributed by atoms with van der Waals surface area (Å²) in [5, 5.41) is 181. The van der Waals surface area contributed by atoms with Crippen molar-refractivity contribution in [1.29, 1.82) is 0 Å². The standard InChI is InChI=1S/C20H14I6N2O6.C11H9I3N2O4.3C7H17NO5/c21-7-5-9(23)17(15(25)13(7)19(31)32)27-11(29)3-1-2-4-12(30)28-18-10(24)6-8(22)14(16(18)26)20(33)34;1-3(17)15-9-6(12)5(11(19)20)7(13)10(8(9)14)16-4(2)18;3*1-8-2-4(10)6(12)7(13)5(11)3-9/h5-6H,1-4H2,(H,27,29)(H,28,30)(H,31,32)(H,33,34);1-2H3,(H,15,17)(H,16,18)(H,19,20);3*4-13H,2-3H2,1H3. The molecule has 3 rings (SSSR count). The summed E-state index contributed by atoms with van der Waals surface area (Å²) in [5.41, 5.74) is 2.08. The Balaban J connectivity index is 0. The van der Waals surface area contributed by atoms with Gasteiger partial charge in [-0.15, -0.1) is 0 Å². The minimum absolute atomic E-state index is 0.0547. The van der Waals surface area contributed by atoms with E-state index in [1.165, 1.54) is 13.8 Å². The average molecular weight is 2340 g/mol. The second-order valence-electron chi connectivity index (χ2n) is 19.0. The van der Waals surface area contributed by atoms with Gasteiger partial charge in [0.2, 0.25) is 23.6 Å². The molecule has 0 saturated heterocycles. The summed E-state index contributed by atoms with van der Waals surface area (Å²) in [6.45, 7) is 0.966. The highest BCUT2D eigenvalue weighted by molar-refractivity contribution is 14.1. The number of rotatable bonds is 30. The van der Waals surface area contributed by atoms with Crippen molar-refractivity contribution in [3.63, 3.8) is 0 Å². The van der Waals surface area contributed by atoms with Crippen molar-refractivity contribution in [3.8, 4) is 0 Å². The summed E-state index contributed by atoms with van der Waals surface area (Å²) in [5.74, 6) is -4.38. The fourth-order valence-electron chi connectivity index (χ4n) is 6.88. The number of amides is 4. The monoisotopic (exact) mass is 2340 g/mol. The Labute approximate surface area is 656 Å². The van der Waals surface area contributed by atoms with E-state index in [-0.39, 0.29) is 72.8 Å². The van der Waals surface area contributed by atoms with Crippen LogP contribution in [0.1, 0.15) is 70.6 Å². The number of anilines is 4. The van der Waals surface area contributed by atoms with E-state index >= 15 is 0 Å². The molecule has 0 radical (unpaired) electrons. The molecule has 530 valence electrons. The van der Waals surface area contributed by atoms with Crippen LogP contribution in [0.4, 0.5) is 22.7 Å². The number of benzene rings is 3. The summed E-state index contributed by atoms with van der Waals surface area (Å²) in [7, 11) is 4.72. The van der Waals surface area contributed by atoms with Gasteiger partial charge in [-0.2, -0.15) is 0 Å². The maximum absolute atomic E-state index is 12.4. The number of nitrogens with one attached hydrogen (secondary N) is 7. The van der Waals surface area contributed by atoms with Crippen molar-refractivity contribution in [1.82, 2.24) is 16.0 Å². The second kappa shape index (κ2) is 49.4. The van der Waals surface area contributed by atoms with Gasteiger partial charge in [0.25, 0.3) is 0 Å². The van der Waals surface area contributed by atoms with E-state index in [0.29, 0.717) is 60.6 Å². The zero-order chi connectivity index (χ0) is 72.6. The second-order valence-corrected chi connectivity index (χ2v) is 29.1. The maximum Gasteiger partial charge on any atom is 0.338 e. The Kier molecular flexibility index (Phi) is 50.4. The third kappa shape index (κ3) is 33.0. The summed E-state index contributed by atoms with van der Waals surface area (Å²) >= 11 is 17.6. The normalized spacial score (nSPS) is 14.8. The number of aromatic carboxylic acids is 3. The van der Waals surface area contributed by atoms with Crippen molar-refractivity contribution >= 4 is 268 Å². The Morgan fingerprint density at radius 1 is 0.355 bits per heavy atom. The molecule has 0 aliphatic carbocycles. The summed E-state index contributed by atoms with van der Waals surface area (Å²) in [4.78, 5) is 81.8. The molecular formula is C52H74I9N7O25. The van der Waals surface area contributed by atoms with Gasteiger partial charge in [-0.3, -0.25) is 19.2 Å². The number of carbonyl (C=O) groups excluding carboxylic acids is 4.